The molecular formula is C9H10N2O. The molecule has 0 spiro atoms. The number of nitrogens with zero attached hydrogens (tertiary/aromatic N) is 2. The van der Waals surface area contributed by atoms with Crippen LogP contribution in [0.3, 0.4) is 0 Å². The molecule has 0 radical (unpaired) electrons. The maximum absolute atomic E-state index is 9.50. The van der Waals surface area contributed by atoms with Crippen LogP contribution in [0.15, 0.2) is 18.2 Å². The van der Waals surface area contributed by atoms with Crippen molar-refractivity contribution in [2.75, 3.05) is 0 Å². The molecule has 1 N–H and O–H groups in total. The number of rotatable bonds is 0. The second kappa shape index (κ2) is 2.24. The standard InChI is InChI=1S/C9H10N2O/c1-6-7-4-3-5-8(12)9(7)11(2)10-6/h3-5,12H,1-2H3. The fraction of sp³-hybridized carbons (Fsp3) is 0.222. The van der Waals surface area contributed by atoms with Crippen molar-refractivity contribution >= 4 is 10.9 Å². The van der Waals surface area contributed by atoms with E-state index in [2.05, 4.69) is 5.10 Å². The number of phenols is 1. The average Bonchev–Trinajstić information content (AvgIpc) is 2.29. The van der Waals surface area contributed by atoms with Crippen molar-refractivity contribution in [2.45, 2.75) is 6.92 Å². The van der Waals surface area contributed by atoms with Crippen molar-refractivity contribution in [3.05, 3.63) is 23.9 Å². The summed E-state index contributed by atoms with van der Waals surface area (Å²) in [5.41, 5.74) is 1.75. The van der Waals surface area contributed by atoms with E-state index in [9.17, 15) is 5.11 Å². The molecule has 3 nitrogen and oxygen atoms in total. The van der Waals surface area contributed by atoms with Gasteiger partial charge in [-0.15, -0.1) is 0 Å². The number of fused-ring (bicyclic) bond motifs is 1. The quantitative estimate of drug-likeness (QED) is 0.638. The minimum absolute atomic E-state index is 0.288. The van der Waals surface area contributed by atoms with Crippen LogP contribution < -0.4 is 0 Å². The zero-order valence-corrected chi connectivity index (χ0v) is 7.07. The van der Waals surface area contributed by atoms with Gasteiger partial charge < -0.3 is 5.11 Å². The van der Waals surface area contributed by atoms with E-state index in [1.165, 1.54) is 0 Å². The Morgan fingerprint density at radius 1 is 1.42 bits per heavy atom. The number of hydrogen-bond donors (Lipinski definition) is 1. The molecule has 0 aliphatic carbocycles. The first-order valence-electron chi connectivity index (χ1n) is 3.81. The Kier molecular flexibility index (Phi) is 1.33. The highest BCUT2D eigenvalue weighted by atomic mass is 16.3. The number of aromatic nitrogens is 2. The maximum Gasteiger partial charge on any atom is 0.141 e. The molecule has 2 aromatic rings. The first-order valence-corrected chi connectivity index (χ1v) is 3.81. The number of hydrogen-bond acceptors (Lipinski definition) is 2. The van der Waals surface area contributed by atoms with Gasteiger partial charge in [0.2, 0.25) is 0 Å². The molecule has 0 aliphatic rings. The third-order valence-corrected chi connectivity index (χ3v) is 2.03. The molecule has 0 bridgehead atoms. The Morgan fingerprint density at radius 3 is 2.83 bits per heavy atom. The van der Waals surface area contributed by atoms with Gasteiger partial charge in [-0.25, -0.2) is 0 Å². The van der Waals surface area contributed by atoms with Crippen LogP contribution in [0.25, 0.3) is 10.9 Å². The van der Waals surface area contributed by atoms with E-state index < -0.39 is 0 Å². The van der Waals surface area contributed by atoms with Gasteiger partial charge in [0.25, 0.3) is 0 Å². The SMILES string of the molecule is Cc1nn(C)c2c(O)cccc12. The summed E-state index contributed by atoms with van der Waals surface area (Å²) in [5, 5.41) is 14.7. The number of aryl methyl sites for hydroxylation is 2. The van der Waals surface area contributed by atoms with Crippen molar-refractivity contribution in [1.29, 1.82) is 0 Å². The van der Waals surface area contributed by atoms with Crippen LogP contribution >= 0.6 is 0 Å². The Balaban J connectivity index is 2.99. The van der Waals surface area contributed by atoms with E-state index in [1.807, 2.05) is 26.1 Å². The van der Waals surface area contributed by atoms with Crippen LogP contribution in [0.2, 0.25) is 0 Å². The fourth-order valence-electron chi connectivity index (χ4n) is 1.49. The summed E-state index contributed by atoms with van der Waals surface area (Å²) in [7, 11) is 1.83. The highest BCUT2D eigenvalue weighted by Crippen LogP contribution is 2.25. The smallest absolute Gasteiger partial charge is 0.141 e. The van der Waals surface area contributed by atoms with Crippen LogP contribution in [-0.2, 0) is 7.05 Å². The predicted molar refractivity (Wildman–Crippen MR) is 47.1 cm³/mol. The highest BCUT2D eigenvalue weighted by molar-refractivity contribution is 5.86. The lowest BCUT2D eigenvalue weighted by molar-refractivity contribution is 0.478. The molecule has 0 atom stereocenters. The molecule has 0 saturated carbocycles. The molecule has 0 aliphatic heterocycles. The summed E-state index contributed by atoms with van der Waals surface area (Å²) in [6.07, 6.45) is 0. The summed E-state index contributed by atoms with van der Waals surface area (Å²) >= 11 is 0. The van der Waals surface area contributed by atoms with Gasteiger partial charge in [0, 0.05) is 12.4 Å². The average molecular weight is 162 g/mol. The Hall–Kier alpha value is -1.51. The molecule has 0 saturated heterocycles. The fourth-order valence-corrected chi connectivity index (χ4v) is 1.49. The monoisotopic (exact) mass is 162 g/mol. The van der Waals surface area contributed by atoms with Gasteiger partial charge in [0.05, 0.1) is 5.69 Å². The molecule has 2 rings (SSSR count). The molecule has 62 valence electrons. The lowest BCUT2D eigenvalue weighted by atomic mass is 10.2. The van der Waals surface area contributed by atoms with Crippen molar-refractivity contribution in [3.8, 4) is 5.75 Å². The third-order valence-electron chi connectivity index (χ3n) is 2.03. The molecule has 0 fully saturated rings. The van der Waals surface area contributed by atoms with Gasteiger partial charge in [0.1, 0.15) is 11.3 Å². The van der Waals surface area contributed by atoms with E-state index in [-0.39, 0.29) is 5.75 Å². The van der Waals surface area contributed by atoms with Crippen LogP contribution in [0.1, 0.15) is 5.69 Å². The van der Waals surface area contributed by atoms with E-state index in [0.29, 0.717) is 0 Å². The summed E-state index contributed by atoms with van der Waals surface area (Å²) in [6.45, 7) is 1.93. The predicted octanol–water partition coefficient (Wildman–Crippen LogP) is 1.59. The van der Waals surface area contributed by atoms with Crippen LogP contribution in [0, 0.1) is 6.92 Å². The zero-order valence-electron chi connectivity index (χ0n) is 7.07. The molecule has 1 heterocycles. The molecule has 1 aromatic carbocycles. The van der Waals surface area contributed by atoms with Gasteiger partial charge in [-0.2, -0.15) is 5.10 Å². The van der Waals surface area contributed by atoms with E-state index >= 15 is 0 Å². The van der Waals surface area contributed by atoms with Crippen LogP contribution in [0.4, 0.5) is 0 Å². The Morgan fingerprint density at radius 2 is 2.17 bits per heavy atom. The van der Waals surface area contributed by atoms with E-state index in [0.717, 1.165) is 16.6 Å². The lowest BCUT2D eigenvalue weighted by Crippen LogP contribution is -1.89. The summed E-state index contributed by atoms with van der Waals surface area (Å²) in [5.74, 6) is 0.288. The van der Waals surface area contributed by atoms with Gasteiger partial charge in [-0.1, -0.05) is 12.1 Å². The topological polar surface area (TPSA) is 38.0 Å². The van der Waals surface area contributed by atoms with Crippen molar-refractivity contribution < 1.29 is 5.11 Å². The molecule has 12 heavy (non-hydrogen) atoms. The number of para-hydroxylation sites is 1. The van der Waals surface area contributed by atoms with Gasteiger partial charge in [-0.05, 0) is 13.0 Å². The molecular weight excluding hydrogens is 152 g/mol. The summed E-state index contributed by atoms with van der Waals surface area (Å²) in [4.78, 5) is 0. The van der Waals surface area contributed by atoms with Gasteiger partial charge in [0.15, 0.2) is 0 Å². The first-order chi connectivity index (χ1) is 5.70. The number of phenolic OH excluding ortho intramolecular Hbond substituents is 1. The second-order valence-corrected chi connectivity index (χ2v) is 2.88. The largest absolute Gasteiger partial charge is 0.506 e. The van der Waals surface area contributed by atoms with Gasteiger partial charge in [-0.3, -0.25) is 4.68 Å². The Labute approximate surface area is 70.2 Å². The third kappa shape index (κ3) is 0.794. The lowest BCUT2D eigenvalue weighted by Gasteiger charge is -1.95. The summed E-state index contributed by atoms with van der Waals surface area (Å²) in [6, 6.07) is 5.45. The van der Waals surface area contributed by atoms with E-state index in [4.69, 9.17) is 0 Å². The minimum atomic E-state index is 0.288. The highest BCUT2D eigenvalue weighted by Gasteiger charge is 2.06. The number of aromatic hydroxyl groups is 1. The van der Waals surface area contributed by atoms with E-state index in [1.54, 1.807) is 10.7 Å². The Bertz CT molecular complexity index is 431. The minimum Gasteiger partial charge on any atom is -0.506 e. The van der Waals surface area contributed by atoms with Crippen molar-refractivity contribution in [3.63, 3.8) is 0 Å². The second-order valence-electron chi connectivity index (χ2n) is 2.88. The van der Waals surface area contributed by atoms with Crippen LogP contribution in [0.5, 0.6) is 5.75 Å². The summed E-state index contributed by atoms with van der Waals surface area (Å²) < 4.78 is 1.69. The molecule has 0 unspecified atom stereocenters. The van der Waals surface area contributed by atoms with Crippen molar-refractivity contribution in [2.24, 2.45) is 7.05 Å². The number of benzene rings is 1. The normalized spacial score (nSPS) is 10.8. The maximum atomic E-state index is 9.50. The first kappa shape index (κ1) is 7.16. The molecule has 1 aromatic heterocycles. The zero-order chi connectivity index (χ0) is 8.72. The molecule has 3 heteroatoms. The van der Waals surface area contributed by atoms with Gasteiger partial charge >= 0.3 is 0 Å². The van der Waals surface area contributed by atoms with Crippen LogP contribution in [-0.4, -0.2) is 14.9 Å². The molecule has 0 amide bonds. The van der Waals surface area contributed by atoms with Crippen molar-refractivity contribution in [1.82, 2.24) is 9.78 Å².